The largest absolute Gasteiger partial charge is 0.368 e. The summed E-state index contributed by atoms with van der Waals surface area (Å²) in [5, 5.41) is 10.3. The molecule has 7 heteroatoms. The van der Waals surface area contributed by atoms with E-state index in [1.165, 1.54) is 5.69 Å². The van der Waals surface area contributed by atoms with Gasteiger partial charge in [-0.3, -0.25) is 4.90 Å². The molecule has 0 amide bonds. The monoisotopic (exact) mass is 329 g/mol. The highest BCUT2D eigenvalue weighted by Crippen LogP contribution is 2.27. The summed E-state index contributed by atoms with van der Waals surface area (Å²) in [6.45, 7) is 6.17. The standard InChI is InChI=1S/C17H27N7/c1-13-12-23(10-11-24(13)14-6-4-3-5-7-14)15(8-9-19-2)16-20-17(18)22-21-16/h3-7,13,15,19H,8-12H2,1-2H3,(H3,18,20,21,22)/t13-,15?/m1/s1. The van der Waals surface area contributed by atoms with Gasteiger partial charge in [0, 0.05) is 31.4 Å². The van der Waals surface area contributed by atoms with Crippen LogP contribution in [0.15, 0.2) is 30.3 Å². The van der Waals surface area contributed by atoms with E-state index < -0.39 is 0 Å². The van der Waals surface area contributed by atoms with Gasteiger partial charge in [0.15, 0.2) is 5.82 Å². The van der Waals surface area contributed by atoms with Gasteiger partial charge in [0.25, 0.3) is 0 Å². The summed E-state index contributed by atoms with van der Waals surface area (Å²) in [6, 6.07) is 11.2. The molecule has 24 heavy (non-hydrogen) atoms. The molecule has 4 N–H and O–H groups in total. The van der Waals surface area contributed by atoms with E-state index in [9.17, 15) is 0 Å². The number of rotatable bonds is 6. The smallest absolute Gasteiger partial charge is 0.216 e. The summed E-state index contributed by atoms with van der Waals surface area (Å²) in [7, 11) is 1.97. The number of aromatic nitrogens is 3. The molecule has 1 aromatic heterocycles. The van der Waals surface area contributed by atoms with E-state index in [1.54, 1.807) is 0 Å². The molecule has 0 spiro atoms. The molecule has 1 saturated heterocycles. The molecule has 2 heterocycles. The summed E-state index contributed by atoms with van der Waals surface area (Å²) in [6.07, 6.45) is 0.964. The molecule has 2 aromatic rings. The molecule has 1 aromatic carbocycles. The lowest BCUT2D eigenvalue weighted by Gasteiger charge is -2.43. The average molecular weight is 329 g/mol. The van der Waals surface area contributed by atoms with Crippen LogP contribution >= 0.6 is 0 Å². The number of nitrogens with two attached hydrogens (primary N) is 1. The second-order valence-electron chi connectivity index (χ2n) is 6.36. The quantitative estimate of drug-likeness (QED) is 0.739. The van der Waals surface area contributed by atoms with E-state index in [2.05, 4.69) is 67.6 Å². The van der Waals surface area contributed by atoms with Crippen LogP contribution in [0.25, 0.3) is 0 Å². The van der Waals surface area contributed by atoms with Crippen molar-refractivity contribution in [1.82, 2.24) is 25.4 Å². The van der Waals surface area contributed by atoms with Gasteiger partial charge in [0.05, 0.1) is 6.04 Å². The van der Waals surface area contributed by atoms with Crippen LogP contribution in [0.1, 0.15) is 25.2 Å². The van der Waals surface area contributed by atoms with Crippen molar-refractivity contribution in [2.75, 3.05) is 43.9 Å². The first-order valence-electron chi connectivity index (χ1n) is 8.57. The van der Waals surface area contributed by atoms with E-state index in [-0.39, 0.29) is 6.04 Å². The van der Waals surface area contributed by atoms with Gasteiger partial charge >= 0.3 is 0 Å². The molecule has 3 rings (SSSR count). The zero-order valence-corrected chi connectivity index (χ0v) is 14.4. The van der Waals surface area contributed by atoms with Crippen LogP contribution in [-0.4, -0.2) is 59.3 Å². The van der Waals surface area contributed by atoms with Crippen LogP contribution in [0, 0.1) is 0 Å². The summed E-state index contributed by atoms with van der Waals surface area (Å²) in [5.74, 6) is 1.18. The minimum Gasteiger partial charge on any atom is -0.368 e. The zero-order valence-electron chi connectivity index (χ0n) is 14.4. The second kappa shape index (κ2) is 7.63. The number of aromatic amines is 1. The number of nitrogens with one attached hydrogen (secondary N) is 2. The summed E-state index contributed by atoms with van der Waals surface area (Å²) < 4.78 is 0. The molecule has 0 saturated carbocycles. The van der Waals surface area contributed by atoms with E-state index in [0.717, 1.165) is 38.4 Å². The van der Waals surface area contributed by atoms with Crippen LogP contribution in [0.2, 0.25) is 0 Å². The van der Waals surface area contributed by atoms with Gasteiger partial charge in [-0.15, -0.1) is 0 Å². The van der Waals surface area contributed by atoms with Crippen molar-refractivity contribution >= 4 is 11.6 Å². The molecule has 1 unspecified atom stereocenters. The predicted octanol–water partition coefficient (Wildman–Crippen LogP) is 1.25. The SMILES string of the molecule is CNCCC(c1n[nH]c(N)n1)N1CCN(c2ccccc2)[C@H](C)C1. The predicted molar refractivity (Wildman–Crippen MR) is 96.9 cm³/mol. The number of hydrogen-bond acceptors (Lipinski definition) is 6. The number of nitrogen functional groups attached to an aromatic ring is 1. The van der Waals surface area contributed by atoms with E-state index >= 15 is 0 Å². The molecule has 7 nitrogen and oxygen atoms in total. The van der Waals surface area contributed by atoms with Gasteiger partial charge in [0.1, 0.15) is 0 Å². The minimum absolute atomic E-state index is 0.186. The van der Waals surface area contributed by atoms with Crippen molar-refractivity contribution in [2.45, 2.75) is 25.4 Å². The Morgan fingerprint density at radius 1 is 1.33 bits per heavy atom. The van der Waals surface area contributed by atoms with Gasteiger partial charge in [-0.2, -0.15) is 10.1 Å². The van der Waals surface area contributed by atoms with Gasteiger partial charge in [0.2, 0.25) is 5.95 Å². The lowest BCUT2D eigenvalue weighted by atomic mass is 10.1. The maximum Gasteiger partial charge on any atom is 0.216 e. The first kappa shape index (κ1) is 16.7. The number of nitrogens with zero attached hydrogens (tertiary/aromatic N) is 4. The van der Waals surface area contributed by atoms with Gasteiger partial charge in [-0.25, -0.2) is 5.10 Å². The lowest BCUT2D eigenvalue weighted by Crippen LogP contribution is -2.53. The van der Waals surface area contributed by atoms with Gasteiger partial charge < -0.3 is 16.0 Å². The number of anilines is 2. The fourth-order valence-corrected chi connectivity index (χ4v) is 3.46. The molecule has 130 valence electrons. The summed E-state index contributed by atoms with van der Waals surface area (Å²) >= 11 is 0. The molecule has 0 radical (unpaired) electrons. The highest BCUT2D eigenvalue weighted by molar-refractivity contribution is 5.47. The molecule has 1 fully saturated rings. The third-order valence-electron chi connectivity index (χ3n) is 4.67. The molecular formula is C17H27N7. The minimum atomic E-state index is 0.186. The molecule has 1 aliphatic rings. The number of H-pyrrole nitrogens is 1. The second-order valence-corrected chi connectivity index (χ2v) is 6.36. The third-order valence-corrected chi connectivity index (χ3v) is 4.67. The summed E-state index contributed by atoms with van der Waals surface area (Å²) in [5.41, 5.74) is 7.02. The third kappa shape index (κ3) is 3.68. The van der Waals surface area contributed by atoms with Crippen LogP contribution in [0.3, 0.4) is 0 Å². The van der Waals surface area contributed by atoms with Crippen LogP contribution < -0.4 is 16.0 Å². The van der Waals surface area contributed by atoms with Crippen molar-refractivity contribution in [3.8, 4) is 0 Å². The number of benzene rings is 1. The number of piperazine rings is 1. The van der Waals surface area contributed by atoms with Gasteiger partial charge in [-0.1, -0.05) is 18.2 Å². The maximum atomic E-state index is 5.73. The first-order chi connectivity index (χ1) is 11.7. The van der Waals surface area contributed by atoms with Crippen molar-refractivity contribution in [2.24, 2.45) is 0 Å². The topological polar surface area (TPSA) is 86.1 Å². The Kier molecular flexibility index (Phi) is 5.32. The highest BCUT2D eigenvalue weighted by atomic mass is 15.3. The Morgan fingerprint density at radius 2 is 2.12 bits per heavy atom. The van der Waals surface area contributed by atoms with Crippen molar-refractivity contribution in [3.63, 3.8) is 0 Å². The fourth-order valence-electron chi connectivity index (χ4n) is 3.46. The van der Waals surface area contributed by atoms with Crippen molar-refractivity contribution in [3.05, 3.63) is 36.2 Å². The van der Waals surface area contributed by atoms with E-state index in [4.69, 9.17) is 5.73 Å². The Hall–Kier alpha value is -2.12. The Bertz CT molecular complexity index is 627. The van der Waals surface area contributed by atoms with Crippen LogP contribution in [0.5, 0.6) is 0 Å². The molecule has 0 bridgehead atoms. The lowest BCUT2D eigenvalue weighted by molar-refractivity contribution is 0.151. The number of para-hydroxylation sites is 1. The Balaban J connectivity index is 1.72. The molecule has 0 aliphatic carbocycles. The van der Waals surface area contributed by atoms with Crippen LogP contribution in [0.4, 0.5) is 11.6 Å². The Morgan fingerprint density at radius 3 is 2.75 bits per heavy atom. The maximum absolute atomic E-state index is 5.73. The van der Waals surface area contributed by atoms with E-state index in [1.807, 2.05) is 7.05 Å². The zero-order chi connectivity index (χ0) is 16.9. The highest BCUT2D eigenvalue weighted by Gasteiger charge is 2.31. The Labute approximate surface area is 143 Å². The summed E-state index contributed by atoms with van der Waals surface area (Å²) in [4.78, 5) is 9.32. The number of hydrogen-bond donors (Lipinski definition) is 3. The van der Waals surface area contributed by atoms with Crippen LogP contribution in [-0.2, 0) is 0 Å². The molecular weight excluding hydrogens is 302 g/mol. The first-order valence-corrected chi connectivity index (χ1v) is 8.57. The molecule has 1 aliphatic heterocycles. The van der Waals surface area contributed by atoms with E-state index in [0.29, 0.717) is 12.0 Å². The molecule has 2 atom stereocenters. The fraction of sp³-hybridized carbons (Fsp3) is 0.529. The normalized spacial score (nSPS) is 20.2. The van der Waals surface area contributed by atoms with Crippen molar-refractivity contribution < 1.29 is 0 Å². The average Bonchev–Trinajstić information content (AvgIpc) is 3.02. The van der Waals surface area contributed by atoms with Crippen molar-refractivity contribution in [1.29, 1.82) is 0 Å². The van der Waals surface area contributed by atoms with Gasteiger partial charge in [-0.05, 0) is 39.1 Å².